The van der Waals surface area contributed by atoms with Gasteiger partial charge in [0.1, 0.15) is 6.04 Å². The third-order valence-corrected chi connectivity index (χ3v) is 6.79. The number of fused-ring (bicyclic) bond motifs is 4. The van der Waals surface area contributed by atoms with Crippen LogP contribution in [0.15, 0.2) is 54.6 Å². The van der Waals surface area contributed by atoms with Crippen LogP contribution < -0.4 is 0 Å². The van der Waals surface area contributed by atoms with Crippen LogP contribution in [-0.4, -0.2) is 45.7 Å². The van der Waals surface area contributed by atoms with E-state index in [0.717, 1.165) is 36.9 Å². The second-order valence-corrected chi connectivity index (χ2v) is 8.74. The first-order valence-corrected chi connectivity index (χ1v) is 11.4. The highest BCUT2D eigenvalue weighted by Gasteiger charge is 2.47. The Morgan fingerprint density at radius 1 is 1.03 bits per heavy atom. The molecule has 5 nitrogen and oxygen atoms in total. The lowest BCUT2D eigenvalue weighted by atomic mass is 9.86. The first kappa shape index (κ1) is 19.9. The Morgan fingerprint density at radius 3 is 2.61 bits per heavy atom. The maximum absolute atomic E-state index is 13.4. The van der Waals surface area contributed by atoms with Crippen molar-refractivity contribution in [2.24, 2.45) is 0 Å². The van der Waals surface area contributed by atoms with Gasteiger partial charge in [0.15, 0.2) is 0 Å². The van der Waals surface area contributed by atoms with Gasteiger partial charge in [-0.2, -0.15) is 0 Å². The van der Waals surface area contributed by atoms with Crippen molar-refractivity contribution < 1.29 is 9.59 Å². The summed E-state index contributed by atoms with van der Waals surface area (Å²) in [5.74, 6) is 0.178. The summed E-state index contributed by atoms with van der Waals surface area (Å²) in [5, 5.41) is 1.17. The van der Waals surface area contributed by atoms with Gasteiger partial charge in [-0.3, -0.25) is 9.59 Å². The molecule has 5 rings (SSSR count). The highest BCUT2D eigenvalue weighted by Crippen LogP contribution is 2.41. The Balaban J connectivity index is 1.53. The molecular formula is C26H29N3O2. The summed E-state index contributed by atoms with van der Waals surface area (Å²) in [5.41, 5.74) is 4.65. The number of aromatic amines is 1. The molecule has 2 aliphatic rings. The minimum Gasteiger partial charge on any atom is -0.356 e. The molecule has 2 amide bonds. The lowest BCUT2D eigenvalue weighted by molar-refractivity contribution is -0.159. The van der Waals surface area contributed by atoms with E-state index < -0.39 is 6.04 Å². The number of nitrogens with one attached hydrogen (secondary N) is 1. The van der Waals surface area contributed by atoms with E-state index in [2.05, 4.69) is 48.3 Å². The molecule has 1 N–H and O–H groups in total. The zero-order chi connectivity index (χ0) is 21.4. The van der Waals surface area contributed by atoms with Gasteiger partial charge in [0, 0.05) is 29.6 Å². The van der Waals surface area contributed by atoms with Crippen LogP contribution in [0.4, 0.5) is 0 Å². The molecule has 0 saturated carbocycles. The quantitative estimate of drug-likeness (QED) is 0.655. The van der Waals surface area contributed by atoms with Gasteiger partial charge in [-0.1, -0.05) is 61.9 Å². The van der Waals surface area contributed by atoms with E-state index in [-0.39, 0.29) is 24.4 Å². The lowest BCUT2D eigenvalue weighted by Crippen LogP contribution is -2.63. The van der Waals surface area contributed by atoms with Crippen molar-refractivity contribution in [2.75, 3.05) is 13.1 Å². The number of aromatic nitrogens is 1. The smallest absolute Gasteiger partial charge is 0.246 e. The highest BCUT2D eigenvalue weighted by atomic mass is 16.2. The summed E-state index contributed by atoms with van der Waals surface area (Å²) in [6.45, 7) is 2.98. The number of hydrogen-bond donors (Lipinski definition) is 1. The van der Waals surface area contributed by atoms with Crippen LogP contribution in [0.3, 0.4) is 0 Å². The number of carbonyl (C=O) groups excluding carboxylic acids is 2. The van der Waals surface area contributed by atoms with E-state index in [1.54, 1.807) is 4.90 Å². The topological polar surface area (TPSA) is 56.4 Å². The summed E-state index contributed by atoms with van der Waals surface area (Å²) in [6, 6.07) is 18.1. The fourth-order valence-corrected chi connectivity index (χ4v) is 5.23. The number of benzene rings is 2. The average Bonchev–Trinajstić information content (AvgIpc) is 3.17. The van der Waals surface area contributed by atoms with Crippen LogP contribution in [0.5, 0.6) is 0 Å². The molecule has 0 bridgehead atoms. The summed E-state index contributed by atoms with van der Waals surface area (Å²) in [6.07, 6.45) is 4.20. The summed E-state index contributed by atoms with van der Waals surface area (Å²) in [7, 11) is 0. The van der Waals surface area contributed by atoms with Gasteiger partial charge in [-0.25, -0.2) is 0 Å². The van der Waals surface area contributed by atoms with Gasteiger partial charge < -0.3 is 14.8 Å². The number of amides is 2. The predicted molar refractivity (Wildman–Crippen MR) is 122 cm³/mol. The lowest BCUT2D eigenvalue weighted by Gasteiger charge is -2.47. The van der Waals surface area contributed by atoms with E-state index in [9.17, 15) is 9.59 Å². The molecule has 3 aromatic rings. The van der Waals surface area contributed by atoms with E-state index in [0.29, 0.717) is 13.0 Å². The maximum atomic E-state index is 13.4. The zero-order valence-electron chi connectivity index (χ0n) is 18.0. The third-order valence-electron chi connectivity index (χ3n) is 6.79. The monoisotopic (exact) mass is 415 g/mol. The number of para-hydroxylation sites is 1. The molecule has 1 fully saturated rings. The Kier molecular flexibility index (Phi) is 5.26. The molecule has 2 aromatic carbocycles. The van der Waals surface area contributed by atoms with E-state index >= 15 is 0 Å². The molecule has 160 valence electrons. The molecule has 3 heterocycles. The largest absolute Gasteiger partial charge is 0.356 e. The second-order valence-electron chi connectivity index (χ2n) is 8.74. The molecule has 0 unspecified atom stereocenters. The molecule has 2 atom stereocenters. The van der Waals surface area contributed by atoms with Gasteiger partial charge in [0.25, 0.3) is 0 Å². The van der Waals surface area contributed by atoms with Crippen molar-refractivity contribution in [1.29, 1.82) is 0 Å². The fourth-order valence-electron chi connectivity index (χ4n) is 5.23. The molecule has 2 aliphatic heterocycles. The zero-order valence-corrected chi connectivity index (χ0v) is 18.0. The highest BCUT2D eigenvalue weighted by molar-refractivity contribution is 5.97. The average molecular weight is 416 g/mol. The van der Waals surface area contributed by atoms with Crippen LogP contribution in [0, 0.1) is 0 Å². The van der Waals surface area contributed by atoms with Crippen molar-refractivity contribution in [1.82, 2.24) is 14.8 Å². The standard InChI is InChI=1S/C26H29N3O2/c1-2-3-15-28-17-24(30)29-22(14-13-18-9-5-4-6-10-18)25-20(16-23(29)26(28)31)19-11-7-8-12-21(19)27-25/h4-12,22-23,27H,2-3,13-17H2,1H3/t22-,23-/m0/s1. The predicted octanol–water partition coefficient (Wildman–Crippen LogP) is 4.24. The Hall–Kier alpha value is -3.08. The Morgan fingerprint density at radius 2 is 1.81 bits per heavy atom. The van der Waals surface area contributed by atoms with Gasteiger partial charge in [-0.15, -0.1) is 0 Å². The SMILES string of the molecule is CCCCN1CC(=O)N2[C@@H](Cc3c([nH]c4ccccc34)[C@@H]2CCc2ccccc2)C1=O. The van der Waals surface area contributed by atoms with E-state index in [1.807, 2.05) is 23.1 Å². The van der Waals surface area contributed by atoms with Crippen molar-refractivity contribution in [3.05, 3.63) is 71.4 Å². The normalized spacial score (nSPS) is 20.8. The van der Waals surface area contributed by atoms with Crippen LogP contribution in [0.25, 0.3) is 10.9 Å². The minimum atomic E-state index is -0.398. The first-order valence-electron chi connectivity index (χ1n) is 11.4. The summed E-state index contributed by atoms with van der Waals surface area (Å²) >= 11 is 0. The minimum absolute atomic E-state index is 0.0723. The third kappa shape index (κ3) is 3.52. The molecular weight excluding hydrogens is 386 g/mol. The molecule has 1 saturated heterocycles. The van der Waals surface area contributed by atoms with Crippen molar-refractivity contribution >= 4 is 22.7 Å². The van der Waals surface area contributed by atoms with Crippen LogP contribution in [0.1, 0.15) is 49.0 Å². The number of H-pyrrole nitrogens is 1. The molecule has 31 heavy (non-hydrogen) atoms. The van der Waals surface area contributed by atoms with E-state index in [4.69, 9.17) is 0 Å². The van der Waals surface area contributed by atoms with Gasteiger partial charge in [-0.05, 0) is 36.5 Å². The molecule has 5 heteroatoms. The number of aryl methyl sites for hydroxylation is 1. The van der Waals surface area contributed by atoms with E-state index in [1.165, 1.54) is 16.5 Å². The Labute approximate surface area is 183 Å². The molecule has 1 aromatic heterocycles. The maximum Gasteiger partial charge on any atom is 0.246 e. The second kappa shape index (κ2) is 8.22. The number of rotatable bonds is 6. The molecule has 0 radical (unpaired) electrons. The van der Waals surface area contributed by atoms with Gasteiger partial charge in [0.2, 0.25) is 11.8 Å². The van der Waals surface area contributed by atoms with Gasteiger partial charge >= 0.3 is 0 Å². The number of carbonyl (C=O) groups is 2. The molecule has 0 spiro atoms. The van der Waals surface area contributed by atoms with Crippen molar-refractivity contribution in [3.8, 4) is 0 Å². The number of unbranched alkanes of at least 4 members (excludes halogenated alkanes) is 1. The number of hydrogen-bond acceptors (Lipinski definition) is 2. The Bertz CT molecular complexity index is 1100. The van der Waals surface area contributed by atoms with Crippen LogP contribution >= 0.6 is 0 Å². The summed E-state index contributed by atoms with van der Waals surface area (Å²) in [4.78, 5) is 34.0. The van der Waals surface area contributed by atoms with Crippen LogP contribution in [0.2, 0.25) is 0 Å². The molecule has 0 aliphatic carbocycles. The number of nitrogens with zero attached hydrogens (tertiary/aromatic N) is 2. The first-order chi connectivity index (χ1) is 15.2. The van der Waals surface area contributed by atoms with Crippen LogP contribution in [-0.2, 0) is 22.4 Å². The summed E-state index contributed by atoms with van der Waals surface area (Å²) < 4.78 is 0. The van der Waals surface area contributed by atoms with Crippen molar-refractivity contribution in [3.63, 3.8) is 0 Å². The van der Waals surface area contributed by atoms with Crippen molar-refractivity contribution in [2.45, 2.75) is 51.1 Å². The fraction of sp³-hybridized carbons (Fsp3) is 0.385. The van der Waals surface area contributed by atoms with Gasteiger partial charge in [0.05, 0.1) is 12.6 Å². The number of piperazine rings is 1.